The van der Waals surface area contributed by atoms with Gasteiger partial charge in [-0.05, 0) is 55.3 Å². The minimum atomic E-state index is -0.00936. The number of fused-ring (bicyclic) bond motifs is 1. The average molecular weight is 377 g/mol. The van der Waals surface area contributed by atoms with Crippen molar-refractivity contribution in [3.05, 3.63) is 52.5 Å². The van der Waals surface area contributed by atoms with Gasteiger partial charge < -0.3 is 5.32 Å². The average Bonchev–Trinajstić information content (AvgIpc) is 2.92. The first-order chi connectivity index (χ1) is 11.5. The Bertz CT molecular complexity index is 875. The van der Waals surface area contributed by atoms with Gasteiger partial charge in [-0.25, -0.2) is 4.98 Å². The van der Waals surface area contributed by atoms with Gasteiger partial charge >= 0.3 is 0 Å². The number of aryl methyl sites for hydroxylation is 2. The molecule has 1 amide bonds. The second-order valence-corrected chi connectivity index (χ2v) is 8.15. The van der Waals surface area contributed by atoms with Crippen LogP contribution in [0.2, 0.25) is 5.02 Å². The summed E-state index contributed by atoms with van der Waals surface area (Å²) in [7, 11) is 0. The van der Waals surface area contributed by atoms with E-state index < -0.39 is 0 Å². The molecule has 0 aliphatic heterocycles. The first-order valence-corrected chi connectivity index (χ1v) is 9.75. The third-order valence-corrected chi connectivity index (χ3v) is 5.87. The van der Waals surface area contributed by atoms with E-state index in [2.05, 4.69) is 30.2 Å². The van der Waals surface area contributed by atoms with Crippen LogP contribution in [0.5, 0.6) is 0 Å². The van der Waals surface area contributed by atoms with Crippen molar-refractivity contribution in [2.75, 3.05) is 11.1 Å². The van der Waals surface area contributed by atoms with Crippen LogP contribution >= 0.6 is 34.7 Å². The number of hydrogen-bond acceptors (Lipinski definition) is 4. The van der Waals surface area contributed by atoms with Crippen LogP contribution in [0.15, 0.2) is 41.3 Å². The molecule has 0 saturated carbocycles. The molecule has 6 heteroatoms. The lowest BCUT2D eigenvalue weighted by molar-refractivity contribution is -0.115. The van der Waals surface area contributed by atoms with Crippen LogP contribution in [0.1, 0.15) is 17.5 Å². The Hall–Kier alpha value is -1.56. The number of thiazole rings is 1. The molecule has 24 heavy (non-hydrogen) atoms. The molecule has 0 unspecified atom stereocenters. The van der Waals surface area contributed by atoms with Gasteiger partial charge in [0.05, 0.1) is 10.2 Å². The SMILES string of the molecule is Cc1cc(C)c2sc(NC(=O)CCSc3ccc(Cl)cc3)nc2c1. The third kappa shape index (κ3) is 4.29. The Balaban J connectivity index is 1.57. The molecule has 1 heterocycles. The van der Waals surface area contributed by atoms with Gasteiger partial charge in [0.2, 0.25) is 5.91 Å². The molecule has 1 aromatic heterocycles. The molecule has 3 rings (SSSR count). The fourth-order valence-electron chi connectivity index (χ4n) is 2.40. The quantitative estimate of drug-likeness (QED) is 0.582. The van der Waals surface area contributed by atoms with E-state index in [1.807, 2.05) is 30.3 Å². The number of carbonyl (C=O) groups is 1. The molecule has 3 aromatic rings. The summed E-state index contributed by atoms with van der Waals surface area (Å²) in [6.45, 7) is 4.12. The van der Waals surface area contributed by atoms with Crippen LogP contribution < -0.4 is 5.32 Å². The number of carbonyl (C=O) groups excluding carboxylic acids is 1. The Morgan fingerprint density at radius 3 is 2.75 bits per heavy atom. The number of nitrogens with zero attached hydrogens (tertiary/aromatic N) is 1. The van der Waals surface area contributed by atoms with E-state index in [1.165, 1.54) is 22.5 Å². The summed E-state index contributed by atoms with van der Waals surface area (Å²) in [4.78, 5) is 17.7. The highest BCUT2D eigenvalue weighted by Crippen LogP contribution is 2.30. The molecule has 0 aliphatic carbocycles. The fraction of sp³-hybridized carbons (Fsp3) is 0.222. The van der Waals surface area contributed by atoms with Crippen LogP contribution in [0.25, 0.3) is 10.2 Å². The normalized spacial score (nSPS) is 11.0. The summed E-state index contributed by atoms with van der Waals surface area (Å²) in [5, 5.41) is 4.30. The molecule has 0 aliphatic rings. The number of hydrogen-bond donors (Lipinski definition) is 1. The number of amides is 1. The van der Waals surface area contributed by atoms with Gasteiger partial charge in [0, 0.05) is 22.1 Å². The number of aromatic nitrogens is 1. The Morgan fingerprint density at radius 1 is 1.25 bits per heavy atom. The van der Waals surface area contributed by atoms with E-state index in [1.54, 1.807) is 11.8 Å². The van der Waals surface area contributed by atoms with Crippen LogP contribution in [-0.4, -0.2) is 16.6 Å². The molecule has 0 radical (unpaired) electrons. The van der Waals surface area contributed by atoms with Crippen LogP contribution in [0.3, 0.4) is 0 Å². The lowest BCUT2D eigenvalue weighted by atomic mass is 10.1. The summed E-state index contributed by atoms with van der Waals surface area (Å²) < 4.78 is 1.13. The first kappa shape index (κ1) is 17.3. The van der Waals surface area contributed by atoms with E-state index >= 15 is 0 Å². The van der Waals surface area contributed by atoms with Gasteiger partial charge in [0.1, 0.15) is 0 Å². The number of thioether (sulfide) groups is 1. The van der Waals surface area contributed by atoms with Crippen LogP contribution in [0, 0.1) is 13.8 Å². The van der Waals surface area contributed by atoms with Crippen molar-refractivity contribution in [3.63, 3.8) is 0 Å². The highest BCUT2D eigenvalue weighted by Gasteiger charge is 2.10. The second-order valence-electron chi connectivity index (χ2n) is 5.55. The summed E-state index contributed by atoms with van der Waals surface area (Å²) in [6, 6.07) is 11.8. The fourth-order valence-corrected chi connectivity index (χ4v) is 4.31. The Kier molecular flexibility index (Phi) is 5.43. The summed E-state index contributed by atoms with van der Waals surface area (Å²) >= 11 is 9.03. The van der Waals surface area contributed by atoms with Crippen molar-refractivity contribution in [1.29, 1.82) is 0 Å². The maximum atomic E-state index is 12.1. The number of rotatable bonds is 5. The standard InChI is InChI=1S/C18H17ClN2OS2/c1-11-9-12(2)17-15(10-11)20-18(24-17)21-16(22)7-8-23-14-5-3-13(19)4-6-14/h3-6,9-10H,7-8H2,1-2H3,(H,20,21,22). The largest absolute Gasteiger partial charge is 0.302 e. The monoisotopic (exact) mass is 376 g/mol. The van der Waals surface area contributed by atoms with Crippen LogP contribution in [0.4, 0.5) is 5.13 Å². The maximum Gasteiger partial charge on any atom is 0.226 e. The lowest BCUT2D eigenvalue weighted by Gasteiger charge is -2.02. The molecule has 0 saturated heterocycles. The summed E-state index contributed by atoms with van der Waals surface area (Å²) in [5.41, 5.74) is 3.33. The van der Waals surface area contributed by atoms with E-state index in [0.29, 0.717) is 11.6 Å². The van der Waals surface area contributed by atoms with E-state index in [0.717, 1.165) is 25.9 Å². The minimum absolute atomic E-state index is 0.00936. The zero-order valence-corrected chi connectivity index (χ0v) is 15.8. The number of nitrogens with one attached hydrogen (secondary N) is 1. The van der Waals surface area contributed by atoms with Crippen molar-refractivity contribution in [1.82, 2.24) is 4.98 Å². The van der Waals surface area contributed by atoms with Gasteiger partial charge in [0.15, 0.2) is 5.13 Å². The number of anilines is 1. The van der Waals surface area contributed by atoms with Gasteiger partial charge in [-0.2, -0.15) is 0 Å². The molecule has 124 valence electrons. The number of halogens is 1. The molecular formula is C18H17ClN2OS2. The first-order valence-electron chi connectivity index (χ1n) is 7.57. The molecule has 0 atom stereocenters. The maximum absolute atomic E-state index is 12.1. The summed E-state index contributed by atoms with van der Waals surface area (Å²) in [5.74, 6) is 0.709. The topological polar surface area (TPSA) is 42.0 Å². The Morgan fingerprint density at radius 2 is 2.00 bits per heavy atom. The van der Waals surface area contributed by atoms with Gasteiger partial charge in [0.25, 0.3) is 0 Å². The minimum Gasteiger partial charge on any atom is -0.302 e. The number of benzene rings is 2. The zero-order valence-electron chi connectivity index (χ0n) is 13.4. The molecule has 2 aromatic carbocycles. The second kappa shape index (κ2) is 7.55. The zero-order chi connectivity index (χ0) is 17.1. The molecule has 0 fully saturated rings. The molecule has 3 nitrogen and oxygen atoms in total. The van der Waals surface area contributed by atoms with Crippen molar-refractivity contribution in [2.45, 2.75) is 25.2 Å². The smallest absolute Gasteiger partial charge is 0.226 e. The van der Waals surface area contributed by atoms with Gasteiger partial charge in [-0.1, -0.05) is 29.0 Å². The van der Waals surface area contributed by atoms with Gasteiger partial charge in [-0.3, -0.25) is 4.79 Å². The lowest BCUT2D eigenvalue weighted by Crippen LogP contribution is -2.11. The molecule has 0 bridgehead atoms. The van der Waals surface area contributed by atoms with E-state index in [9.17, 15) is 4.79 Å². The Labute approximate surface area is 154 Å². The van der Waals surface area contributed by atoms with Crippen molar-refractivity contribution < 1.29 is 4.79 Å². The van der Waals surface area contributed by atoms with Crippen molar-refractivity contribution in [3.8, 4) is 0 Å². The third-order valence-electron chi connectivity index (χ3n) is 3.48. The van der Waals surface area contributed by atoms with Crippen molar-refractivity contribution >= 4 is 56.0 Å². The van der Waals surface area contributed by atoms with E-state index in [-0.39, 0.29) is 5.91 Å². The van der Waals surface area contributed by atoms with Crippen molar-refractivity contribution in [2.24, 2.45) is 0 Å². The highest BCUT2D eigenvalue weighted by molar-refractivity contribution is 7.99. The predicted molar refractivity (Wildman–Crippen MR) is 105 cm³/mol. The molecule has 0 spiro atoms. The summed E-state index contributed by atoms with van der Waals surface area (Å²) in [6.07, 6.45) is 0.446. The highest BCUT2D eigenvalue weighted by atomic mass is 35.5. The van der Waals surface area contributed by atoms with Gasteiger partial charge in [-0.15, -0.1) is 11.8 Å². The van der Waals surface area contributed by atoms with E-state index in [4.69, 9.17) is 11.6 Å². The predicted octanol–water partition coefficient (Wildman–Crippen LogP) is 5.69. The molecule has 1 N–H and O–H groups in total. The molecular weight excluding hydrogens is 360 g/mol. The van der Waals surface area contributed by atoms with Crippen LogP contribution in [-0.2, 0) is 4.79 Å².